The topological polar surface area (TPSA) is 49.4 Å². The Balaban J connectivity index is 1.78. The van der Waals surface area contributed by atoms with Crippen LogP contribution in [0.1, 0.15) is 5.56 Å². The number of aromatic nitrogens is 1. The van der Waals surface area contributed by atoms with Crippen molar-refractivity contribution >= 4 is 0 Å². The first-order valence-electron chi connectivity index (χ1n) is 6.43. The molecule has 19 heavy (non-hydrogen) atoms. The number of ether oxygens (including phenoxy) is 2. The highest BCUT2D eigenvalue weighted by molar-refractivity contribution is 5.31. The van der Waals surface area contributed by atoms with Crippen LogP contribution >= 0.6 is 0 Å². The first-order chi connectivity index (χ1) is 9.31. The third-order valence-electron chi connectivity index (χ3n) is 2.92. The molecule has 0 aliphatic heterocycles. The summed E-state index contributed by atoms with van der Waals surface area (Å²) in [5.74, 6) is 1.69. The van der Waals surface area contributed by atoms with Crippen molar-refractivity contribution in [3.8, 4) is 11.5 Å². The second kappa shape index (κ2) is 6.85. The average molecular weight is 260 g/mol. The highest BCUT2D eigenvalue weighted by Crippen LogP contribution is 2.16. The number of hydrogen-bond donors (Lipinski definition) is 1. The zero-order chi connectivity index (χ0) is 13.5. The van der Waals surface area contributed by atoms with E-state index in [-0.39, 0.29) is 0 Å². The standard InChI is InChI=1S/C15H20N2O2/c1-18-14-2-4-15(5-3-14)19-11-10-17-9-7-13(12-17)6-8-16/h2-5,7,9,12H,6,8,10-11,16H2,1H3. The first kappa shape index (κ1) is 13.5. The number of rotatable bonds is 7. The molecule has 0 spiro atoms. The van der Waals surface area contributed by atoms with E-state index < -0.39 is 0 Å². The molecule has 1 aromatic heterocycles. The van der Waals surface area contributed by atoms with Crippen LogP contribution in [-0.2, 0) is 13.0 Å². The number of methoxy groups -OCH3 is 1. The highest BCUT2D eigenvalue weighted by Gasteiger charge is 1.98. The number of nitrogens with two attached hydrogens (primary N) is 1. The lowest BCUT2D eigenvalue weighted by atomic mass is 10.2. The Labute approximate surface area is 113 Å². The Morgan fingerprint density at radius 2 is 1.84 bits per heavy atom. The van der Waals surface area contributed by atoms with Crippen molar-refractivity contribution in [1.82, 2.24) is 4.57 Å². The van der Waals surface area contributed by atoms with Crippen LogP contribution in [0.3, 0.4) is 0 Å². The lowest BCUT2D eigenvalue weighted by Gasteiger charge is -2.07. The van der Waals surface area contributed by atoms with Gasteiger partial charge in [-0.15, -0.1) is 0 Å². The fourth-order valence-corrected chi connectivity index (χ4v) is 1.89. The molecule has 2 N–H and O–H groups in total. The van der Waals surface area contributed by atoms with Gasteiger partial charge < -0.3 is 19.8 Å². The summed E-state index contributed by atoms with van der Waals surface area (Å²) in [4.78, 5) is 0. The molecule has 0 atom stereocenters. The fourth-order valence-electron chi connectivity index (χ4n) is 1.89. The van der Waals surface area contributed by atoms with Gasteiger partial charge in [-0.25, -0.2) is 0 Å². The molecular formula is C15H20N2O2. The molecule has 0 aliphatic carbocycles. The maximum Gasteiger partial charge on any atom is 0.119 e. The van der Waals surface area contributed by atoms with Crippen molar-refractivity contribution in [2.75, 3.05) is 20.3 Å². The number of benzene rings is 1. The molecule has 0 fully saturated rings. The van der Waals surface area contributed by atoms with E-state index in [1.807, 2.05) is 24.3 Å². The third kappa shape index (κ3) is 4.03. The summed E-state index contributed by atoms with van der Waals surface area (Å²) in [6, 6.07) is 9.71. The Kier molecular flexibility index (Phi) is 4.86. The zero-order valence-corrected chi connectivity index (χ0v) is 11.2. The van der Waals surface area contributed by atoms with Crippen LogP contribution < -0.4 is 15.2 Å². The van der Waals surface area contributed by atoms with Crippen molar-refractivity contribution in [3.05, 3.63) is 48.3 Å². The smallest absolute Gasteiger partial charge is 0.119 e. The molecule has 0 saturated carbocycles. The van der Waals surface area contributed by atoms with E-state index in [0.29, 0.717) is 13.2 Å². The van der Waals surface area contributed by atoms with Crippen molar-refractivity contribution in [1.29, 1.82) is 0 Å². The third-order valence-corrected chi connectivity index (χ3v) is 2.92. The molecule has 0 saturated heterocycles. The molecule has 0 aliphatic rings. The van der Waals surface area contributed by atoms with E-state index in [2.05, 4.69) is 23.0 Å². The Morgan fingerprint density at radius 1 is 1.11 bits per heavy atom. The lowest BCUT2D eigenvalue weighted by Crippen LogP contribution is -2.06. The number of nitrogens with zero attached hydrogens (tertiary/aromatic N) is 1. The van der Waals surface area contributed by atoms with E-state index in [1.54, 1.807) is 7.11 Å². The van der Waals surface area contributed by atoms with Crippen molar-refractivity contribution in [3.63, 3.8) is 0 Å². The molecule has 1 aromatic carbocycles. The summed E-state index contributed by atoms with van der Waals surface area (Å²) >= 11 is 0. The van der Waals surface area contributed by atoms with E-state index in [0.717, 1.165) is 24.5 Å². The minimum absolute atomic E-state index is 0.642. The van der Waals surface area contributed by atoms with Gasteiger partial charge in [0.05, 0.1) is 13.7 Å². The van der Waals surface area contributed by atoms with Gasteiger partial charge in [0.25, 0.3) is 0 Å². The van der Waals surface area contributed by atoms with E-state index in [9.17, 15) is 0 Å². The Bertz CT molecular complexity index is 491. The Morgan fingerprint density at radius 3 is 2.53 bits per heavy atom. The predicted octanol–water partition coefficient (Wildman–Crippen LogP) is 2.08. The summed E-state index contributed by atoms with van der Waals surface area (Å²) < 4.78 is 12.9. The summed E-state index contributed by atoms with van der Waals surface area (Å²) in [6.45, 7) is 2.16. The second-order valence-electron chi connectivity index (χ2n) is 4.32. The maximum absolute atomic E-state index is 5.68. The monoisotopic (exact) mass is 260 g/mol. The minimum Gasteiger partial charge on any atom is -0.497 e. The maximum atomic E-state index is 5.68. The minimum atomic E-state index is 0.642. The van der Waals surface area contributed by atoms with Gasteiger partial charge >= 0.3 is 0 Å². The molecule has 0 radical (unpaired) electrons. The molecule has 102 valence electrons. The first-order valence-corrected chi connectivity index (χ1v) is 6.43. The Hall–Kier alpha value is -1.94. The highest BCUT2D eigenvalue weighted by atomic mass is 16.5. The molecule has 2 aromatic rings. The zero-order valence-electron chi connectivity index (χ0n) is 11.2. The van der Waals surface area contributed by atoms with Crippen LogP contribution in [0.5, 0.6) is 11.5 Å². The molecular weight excluding hydrogens is 240 g/mol. The van der Waals surface area contributed by atoms with Gasteiger partial charge in [0, 0.05) is 12.4 Å². The van der Waals surface area contributed by atoms with Crippen LogP contribution in [0.25, 0.3) is 0 Å². The van der Waals surface area contributed by atoms with E-state index in [4.69, 9.17) is 15.2 Å². The summed E-state index contributed by atoms with van der Waals surface area (Å²) in [7, 11) is 1.65. The van der Waals surface area contributed by atoms with Crippen molar-refractivity contribution in [2.45, 2.75) is 13.0 Å². The van der Waals surface area contributed by atoms with Crippen molar-refractivity contribution < 1.29 is 9.47 Å². The molecule has 1 heterocycles. The van der Waals surface area contributed by atoms with Gasteiger partial charge in [0.15, 0.2) is 0 Å². The SMILES string of the molecule is COc1ccc(OCCn2ccc(CCN)c2)cc1. The van der Waals surface area contributed by atoms with Crippen molar-refractivity contribution in [2.24, 2.45) is 5.73 Å². The van der Waals surface area contributed by atoms with E-state index in [1.165, 1.54) is 5.56 Å². The van der Waals surface area contributed by atoms with Crippen LogP contribution in [-0.4, -0.2) is 24.8 Å². The quantitative estimate of drug-likeness (QED) is 0.829. The second-order valence-corrected chi connectivity index (χ2v) is 4.32. The van der Waals surface area contributed by atoms with E-state index >= 15 is 0 Å². The average Bonchev–Trinajstić information content (AvgIpc) is 2.88. The summed E-state index contributed by atoms with van der Waals surface area (Å²) in [6.07, 6.45) is 5.10. The predicted molar refractivity (Wildman–Crippen MR) is 75.7 cm³/mol. The summed E-state index contributed by atoms with van der Waals surface area (Å²) in [5.41, 5.74) is 6.80. The van der Waals surface area contributed by atoms with Gasteiger partial charge in [-0.2, -0.15) is 0 Å². The molecule has 0 amide bonds. The van der Waals surface area contributed by atoms with Crippen LogP contribution in [0, 0.1) is 0 Å². The van der Waals surface area contributed by atoms with Gasteiger partial charge in [-0.1, -0.05) is 0 Å². The molecule has 0 bridgehead atoms. The van der Waals surface area contributed by atoms with Crippen LogP contribution in [0.2, 0.25) is 0 Å². The van der Waals surface area contributed by atoms with Gasteiger partial charge in [0.2, 0.25) is 0 Å². The summed E-state index contributed by atoms with van der Waals surface area (Å²) in [5, 5.41) is 0. The molecule has 4 nitrogen and oxygen atoms in total. The van der Waals surface area contributed by atoms with Gasteiger partial charge in [-0.3, -0.25) is 0 Å². The molecule has 2 rings (SSSR count). The largest absolute Gasteiger partial charge is 0.497 e. The fraction of sp³-hybridized carbons (Fsp3) is 0.333. The van der Waals surface area contributed by atoms with Crippen LogP contribution in [0.4, 0.5) is 0 Å². The molecule has 0 unspecified atom stereocenters. The number of hydrogen-bond acceptors (Lipinski definition) is 3. The van der Waals surface area contributed by atoms with Crippen LogP contribution in [0.15, 0.2) is 42.7 Å². The normalized spacial score (nSPS) is 10.4. The molecule has 4 heteroatoms. The van der Waals surface area contributed by atoms with Gasteiger partial charge in [0.1, 0.15) is 18.1 Å². The van der Waals surface area contributed by atoms with Gasteiger partial charge in [-0.05, 0) is 48.9 Å². The lowest BCUT2D eigenvalue weighted by molar-refractivity contribution is 0.298.